The summed E-state index contributed by atoms with van der Waals surface area (Å²) in [6.45, 7) is 1.97. The second-order valence-electron chi connectivity index (χ2n) is 3.21. The minimum atomic E-state index is 0.363. The van der Waals surface area contributed by atoms with Gasteiger partial charge in [-0.1, -0.05) is 17.7 Å². The number of nitrogens with one attached hydrogen (secondary N) is 1. The number of rotatable bonds is 1. The Labute approximate surface area is 96.7 Å². The number of halogens is 1. The quantitative estimate of drug-likeness (QED) is 0.594. The highest BCUT2D eigenvalue weighted by Gasteiger charge is 2.09. The third-order valence-electron chi connectivity index (χ3n) is 2.07. The molecule has 2 rings (SSSR count). The van der Waals surface area contributed by atoms with Gasteiger partial charge in [-0.3, -0.25) is 0 Å². The van der Waals surface area contributed by atoms with E-state index in [2.05, 4.69) is 10.2 Å². The van der Waals surface area contributed by atoms with Crippen LogP contribution in [0.3, 0.4) is 0 Å². The van der Waals surface area contributed by atoms with Gasteiger partial charge in [0.2, 0.25) is 4.77 Å². The summed E-state index contributed by atoms with van der Waals surface area (Å²) < 4.78 is 1.66. The largest absolute Gasteiger partial charge is 0.335 e. The van der Waals surface area contributed by atoms with Gasteiger partial charge in [-0.05, 0) is 36.8 Å². The number of benzene rings is 1. The Morgan fingerprint density at radius 1 is 1.53 bits per heavy atom. The first-order valence-electron chi connectivity index (χ1n) is 4.28. The van der Waals surface area contributed by atoms with Crippen LogP contribution in [0.5, 0.6) is 0 Å². The van der Waals surface area contributed by atoms with E-state index in [-0.39, 0.29) is 0 Å². The molecule has 4 nitrogen and oxygen atoms in total. The van der Waals surface area contributed by atoms with Gasteiger partial charge in [0.15, 0.2) is 5.82 Å². The molecule has 0 saturated carbocycles. The van der Waals surface area contributed by atoms with E-state index < -0.39 is 0 Å². The van der Waals surface area contributed by atoms with Gasteiger partial charge >= 0.3 is 0 Å². The first-order chi connectivity index (χ1) is 7.09. The molecule has 0 aliphatic heterocycles. The number of hydrogen-bond donors (Lipinski definition) is 2. The van der Waals surface area contributed by atoms with Crippen molar-refractivity contribution in [2.75, 3.05) is 5.84 Å². The Kier molecular flexibility index (Phi) is 2.50. The minimum absolute atomic E-state index is 0.363. The predicted octanol–water partition coefficient (Wildman–Crippen LogP) is 2.28. The lowest BCUT2D eigenvalue weighted by Gasteiger charge is -2.03. The molecule has 1 heterocycles. The first kappa shape index (κ1) is 10.2. The molecule has 15 heavy (non-hydrogen) atoms. The zero-order chi connectivity index (χ0) is 11.0. The zero-order valence-corrected chi connectivity index (χ0v) is 9.56. The molecule has 0 radical (unpaired) electrons. The molecule has 0 aliphatic rings. The van der Waals surface area contributed by atoms with Crippen LogP contribution in [0.2, 0.25) is 5.02 Å². The number of H-pyrrole nitrogens is 1. The Balaban J connectivity index is 2.64. The Morgan fingerprint density at radius 2 is 2.27 bits per heavy atom. The third-order valence-corrected chi connectivity index (χ3v) is 2.67. The van der Waals surface area contributed by atoms with Crippen LogP contribution in [0.15, 0.2) is 18.2 Å². The maximum atomic E-state index is 6.09. The van der Waals surface area contributed by atoms with Crippen molar-refractivity contribution >= 4 is 23.8 Å². The molecule has 0 saturated heterocycles. The summed E-state index contributed by atoms with van der Waals surface area (Å²) in [5, 5.41) is 7.23. The van der Waals surface area contributed by atoms with Crippen molar-refractivity contribution in [3.05, 3.63) is 33.6 Å². The maximum Gasteiger partial charge on any atom is 0.214 e. The van der Waals surface area contributed by atoms with Crippen molar-refractivity contribution < 1.29 is 0 Å². The van der Waals surface area contributed by atoms with Crippen LogP contribution in [0.25, 0.3) is 11.4 Å². The standard InChI is InChI=1S/C9H9ClN4S/c1-5-2-3-6(7(10)4-5)8-12-13-9(15)14(8)11/h2-4H,11H2,1H3,(H,13,15). The van der Waals surface area contributed by atoms with Gasteiger partial charge in [0.1, 0.15) is 0 Å². The van der Waals surface area contributed by atoms with E-state index in [1.165, 1.54) is 4.68 Å². The molecule has 2 aromatic rings. The lowest BCUT2D eigenvalue weighted by atomic mass is 10.1. The normalized spacial score (nSPS) is 10.5. The molecular formula is C9H9ClN4S. The lowest BCUT2D eigenvalue weighted by Crippen LogP contribution is -2.10. The number of nitrogen functional groups attached to an aromatic ring is 1. The van der Waals surface area contributed by atoms with Crippen LogP contribution < -0.4 is 5.84 Å². The van der Waals surface area contributed by atoms with Gasteiger partial charge in [-0.25, -0.2) is 9.77 Å². The Hall–Kier alpha value is -1.33. The van der Waals surface area contributed by atoms with Crippen molar-refractivity contribution in [3.63, 3.8) is 0 Å². The molecule has 0 bridgehead atoms. The van der Waals surface area contributed by atoms with Crippen LogP contribution in [0.1, 0.15) is 5.56 Å². The Bertz CT molecular complexity index is 557. The van der Waals surface area contributed by atoms with Crippen molar-refractivity contribution in [1.29, 1.82) is 0 Å². The summed E-state index contributed by atoms with van der Waals surface area (Å²) in [6.07, 6.45) is 0. The van der Waals surface area contributed by atoms with Crippen LogP contribution in [-0.4, -0.2) is 14.9 Å². The number of nitrogens with zero attached hydrogens (tertiary/aromatic N) is 2. The van der Waals surface area contributed by atoms with Gasteiger partial charge in [0.25, 0.3) is 0 Å². The molecule has 0 unspecified atom stereocenters. The van der Waals surface area contributed by atoms with Gasteiger partial charge in [0.05, 0.1) is 5.02 Å². The third kappa shape index (κ3) is 1.75. The fourth-order valence-corrected chi connectivity index (χ4v) is 1.75. The molecule has 0 spiro atoms. The highest BCUT2D eigenvalue weighted by atomic mass is 35.5. The zero-order valence-electron chi connectivity index (χ0n) is 7.99. The average Bonchev–Trinajstić information content (AvgIpc) is 2.49. The van der Waals surface area contributed by atoms with E-state index in [0.717, 1.165) is 11.1 Å². The van der Waals surface area contributed by atoms with Crippen LogP contribution >= 0.6 is 23.8 Å². The van der Waals surface area contributed by atoms with Crippen molar-refractivity contribution in [2.24, 2.45) is 0 Å². The first-order valence-corrected chi connectivity index (χ1v) is 5.07. The summed E-state index contributed by atoms with van der Waals surface area (Å²) in [7, 11) is 0. The number of nitrogens with two attached hydrogens (primary N) is 1. The van der Waals surface area contributed by atoms with Crippen molar-refractivity contribution in [3.8, 4) is 11.4 Å². The summed E-state index contributed by atoms with van der Waals surface area (Å²) in [5.41, 5.74) is 1.85. The van der Waals surface area contributed by atoms with Crippen molar-refractivity contribution in [2.45, 2.75) is 6.92 Å². The second-order valence-corrected chi connectivity index (χ2v) is 4.00. The van der Waals surface area contributed by atoms with Crippen LogP contribution in [-0.2, 0) is 0 Å². The van der Waals surface area contributed by atoms with Crippen LogP contribution in [0.4, 0.5) is 0 Å². The molecular weight excluding hydrogens is 232 g/mol. The molecule has 0 amide bonds. The summed E-state index contributed by atoms with van der Waals surface area (Å²) in [4.78, 5) is 0. The topological polar surface area (TPSA) is 59.6 Å². The average molecular weight is 241 g/mol. The van der Waals surface area contributed by atoms with E-state index >= 15 is 0 Å². The summed E-state index contributed by atoms with van der Waals surface area (Å²) >= 11 is 11.0. The number of hydrogen-bond acceptors (Lipinski definition) is 3. The summed E-state index contributed by atoms with van der Waals surface area (Å²) in [6, 6.07) is 5.67. The van der Waals surface area contributed by atoms with E-state index in [0.29, 0.717) is 15.6 Å². The smallest absolute Gasteiger partial charge is 0.214 e. The van der Waals surface area contributed by atoms with Gasteiger partial charge < -0.3 is 5.84 Å². The highest BCUT2D eigenvalue weighted by Crippen LogP contribution is 2.26. The molecule has 78 valence electrons. The van der Waals surface area contributed by atoms with Gasteiger partial charge in [0, 0.05) is 5.56 Å². The fraction of sp³-hybridized carbons (Fsp3) is 0.111. The predicted molar refractivity (Wildman–Crippen MR) is 62.7 cm³/mol. The molecule has 1 aromatic heterocycles. The highest BCUT2D eigenvalue weighted by molar-refractivity contribution is 7.71. The number of aromatic nitrogens is 3. The molecule has 0 atom stereocenters. The molecule has 0 aliphatic carbocycles. The number of aryl methyl sites for hydroxylation is 1. The van der Waals surface area contributed by atoms with E-state index in [1.807, 2.05) is 25.1 Å². The van der Waals surface area contributed by atoms with Crippen molar-refractivity contribution in [1.82, 2.24) is 14.9 Å². The SMILES string of the molecule is Cc1ccc(-c2n[nH]c(=S)n2N)c(Cl)c1. The van der Waals surface area contributed by atoms with Gasteiger partial charge in [-0.2, -0.15) is 5.10 Å². The van der Waals surface area contributed by atoms with E-state index in [1.54, 1.807) is 0 Å². The minimum Gasteiger partial charge on any atom is -0.335 e. The molecule has 0 fully saturated rings. The number of aromatic amines is 1. The second kappa shape index (κ2) is 3.67. The van der Waals surface area contributed by atoms with E-state index in [4.69, 9.17) is 29.7 Å². The molecule has 1 aromatic carbocycles. The van der Waals surface area contributed by atoms with Crippen LogP contribution in [0, 0.1) is 11.7 Å². The lowest BCUT2D eigenvalue weighted by molar-refractivity contribution is 0.984. The van der Waals surface area contributed by atoms with Gasteiger partial charge in [-0.15, -0.1) is 0 Å². The van der Waals surface area contributed by atoms with E-state index in [9.17, 15) is 0 Å². The molecule has 6 heteroatoms. The monoisotopic (exact) mass is 240 g/mol. The maximum absolute atomic E-state index is 6.09. The molecule has 3 N–H and O–H groups in total. The summed E-state index contributed by atoms with van der Waals surface area (Å²) in [5.74, 6) is 6.23. The fourth-order valence-electron chi connectivity index (χ4n) is 1.30. The Morgan fingerprint density at radius 3 is 2.80 bits per heavy atom.